The van der Waals surface area contributed by atoms with E-state index >= 15 is 0 Å². The lowest BCUT2D eigenvalue weighted by Gasteiger charge is -2.22. The maximum Gasteiger partial charge on any atom is 0.132 e. The van der Waals surface area contributed by atoms with Gasteiger partial charge in [-0.25, -0.2) is 8.78 Å². The van der Waals surface area contributed by atoms with Crippen LogP contribution in [0.3, 0.4) is 0 Å². The van der Waals surface area contributed by atoms with Crippen molar-refractivity contribution in [3.05, 3.63) is 35.4 Å². The van der Waals surface area contributed by atoms with Gasteiger partial charge in [0.15, 0.2) is 0 Å². The van der Waals surface area contributed by atoms with E-state index in [-0.39, 0.29) is 5.56 Å². The Hall–Kier alpha value is -1.47. The molecule has 0 saturated carbocycles. The van der Waals surface area contributed by atoms with Gasteiger partial charge in [-0.2, -0.15) is 5.26 Å². The quantitative estimate of drug-likeness (QED) is 0.769. The van der Waals surface area contributed by atoms with Crippen molar-refractivity contribution in [1.82, 2.24) is 4.90 Å². The summed E-state index contributed by atoms with van der Waals surface area (Å²) in [7, 11) is 0. The molecule has 0 radical (unpaired) electrons. The largest absolute Gasteiger partial charge is 0.284 e. The summed E-state index contributed by atoms with van der Waals surface area (Å²) in [5.74, 6) is -1.28. The van der Waals surface area contributed by atoms with Crippen LogP contribution in [0.1, 0.15) is 24.4 Å². The third-order valence-electron chi connectivity index (χ3n) is 2.90. The van der Waals surface area contributed by atoms with Gasteiger partial charge in [0.2, 0.25) is 0 Å². The fourth-order valence-corrected chi connectivity index (χ4v) is 2.10. The average Bonchev–Trinajstić information content (AvgIpc) is 2.77. The van der Waals surface area contributed by atoms with E-state index in [9.17, 15) is 8.78 Å². The number of hydrogen-bond donors (Lipinski definition) is 0. The first-order chi connectivity index (χ1) is 7.74. The predicted molar refractivity (Wildman–Crippen MR) is 55.5 cm³/mol. The molecule has 16 heavy (non-hydrogen) atoms. The Morgan fingerprint density at radius 1 is 1.19 bits per heavy atom. The van der Waals surface area contributed by atoms with Gasteiger partial charge in [0.1, 0.15) is 17.7 Å². The van der Waals surface area contributed by atoms with E-state index in [1.165, 1.54) is 18.2 Å². The molecule has 1 aliphatic rings. The molecule has 0 aliphatic carbocycles. The Morgan fingerprint density at radius 2 is 1.75 bits per heavy atom. The van der Waals surface area contributed by atoms with Crippen molar-refractivity contribution in [2.45, 2.75) is 18.9 Å². The first-order valence-corrected chi connectivity index (χ1v) is 5.31. The Kier molecular flexibility index (Phi) is 3.16. The Balaban J connectivity index is 2.37. The summed E-state index contributed by atoms with van der Waals surface area (Å²) in [4.78, 5) is 1.82. The number of nitrogens with zero attached hydrogens (tertiary/aromatic N) is 2. The zero-order chi connectivity index (χ0) is 11.5. The van der Waals surface area contributed by atoms with Crippen molar-refractivity contribution in [1.29, 1.82) is 5.26 Å². The second-order valence-corrected chi connectivity index (χ2v) is 3.91. The summed E-state index contributed by atoms with van der Waals surface area (Å²) in [6.07, 6.45) is 1.96. The van der Waals surface area contributed by atoms with Crippen LogP contribution in [0, 0.1) is 23.0 Å². The first-order valence-electron chi connectivity index (χ1n) is 5.31. The Morgan fingerprint density at radius 3 is 2.25 bits per heavy atom. The molecule has 4 heteroatoms. The lowest BCUT2D eigenvalue weighted by atomic mass is 10.1. The van der Waals surface area contributed by atoms with Crippen molar-refractivity contribution < 1.29 is 8.78 Å². The average molecular weight is 222 g/mol. The first kappa shape index (κ1) is 11.0. The molecule has 1 atom stereocenters. The van der Waals surface area contributed by atoms with Gasteiger partial charge >= 0.3 is 0 Å². The smallest absolute Gasteiger partial charge is 0.132 e. The van der Waals surface area contributed by atoms with E-state index in [1.54, 1.807) is 0 Å². The fourth-order valence-electron chi connectivity index (χ4n) is 2.10. The van der Waals surface area contributed by atoms with Gasteiger partial charge < -0.3 is 0 Å². The number of likely N-dealkylation sites (tertiary alicyclic amines) is 1. The minimum atomic E-state index is -0.802. The van der Waals surface area contributed by atoms with Crippen LogP contribution in [-0.4, -0.2) is 18.0 Å². The van der Waals surface area contributed by atoms with Gasteiger partial charge in [0.05, 0.1) is 11.6 Å². The molecule has 1 aliphatic heterocycles. The SMILES string of the molecule is N#CC(c1c(F)cccc1F)N1CCCC1. The topological polar surface area (TPSA) is 27.0 Å². The molecule has 0 N–H and O–H groups in total. The zero-order valence-corrected chi connectivity index (χ0v) is 8.79. The highest BCUT2D eigenvalue weighted by Gasteiger charge is 2.27. The Labute approximate surface area is 93.1 Å². The van der Waals surface area contributed by atoms with Crippen molar-refractivity contribution in [2.75, 3.05) is 13.1 Å². The van der Waals surface area contributed by atoms with E-state index in [0.29, 0.717) is 0 Å². The molecular weight excluding hydrogens is 210 g/mol. The second-order valence-electron chi connectivity index (χ2n) is 3.91. The van der Waals surface area contributed by atoms with Crippen molar-refractivity contribution in [3.8, 4) is 6.07 Å². The minimum absolute atomic E-state index is 0.119. The van der Waals surface area contributed by atoms with Crippen LogP contribution >= 0.6 is 0 Å². The molecule has 1 fully saturated rings. The number of benzene rings is 1. The van der Waals surface area contributed by atoms with Gasteiger partial charge in [-0.1, -0.05) is 6.07 Å². The van der Waals surface area contributed by atoms with E-state index in [4.69, 9.17) is 5.26 Å². The summed E-state index contributed by atoms with van der Waals surface area (Å²) >= 11 is 0. The molecule has 1 aromatic carbocycles. The molecule has 1 aromatic rings. The second kappa shape index (κ2) is 4.58. The number of nitriles is 1. The highest BCUT2D eigenvalue weighted by atomic mass is 19.1. The van der Waals surface area contributed by atoms with E-state index in [1.807, 2.05) is 11.0 Å². The standard InChI is InChI=1S/C12H12F2N2/c13-9-4-3-5-10(14)12(9)11(8-15)16-6-1-2-7-16/h3-5,11H,1-2,6-7H2. The van der Waals surface area contributed by atoms with Crippen molar-refractivity contribution in [2.24, 2.45) is 0 Å². The van der Waals surface area contributed by atoms with Gasteiger partial charge in [0, 0.05) is 0 Å². The highest BCUT2D eigenvalue weighted by molar-refractivity contribution is 5.28. The van der Waals surface area contributed by atoms with Crippen LogP contribution in [0.4, 0.5) is 8.78 Å². The predicted octanol–water partition coefficient (Wildman–Crippen LogP) is 2.63. The molecule has 1 unspecified atom stereocenters. The molecule has 0 spiro atoms. The summed E-state index contributed by atoms with van der Waals surface area (Å²) in [6.45, 7) is 1.46. The third kappa shape index (κ3) is 1.91. The van der Waals surface area contributed by atoms with Gasteiger partial charge in [-0.05, 0) is 38.1 Å². The fraction of sp³-hybridized carbons (Fsp3) is 0.417. The summed E-state index contributed by atoms with van der Waals surface area (Å²) in [5, 5.41) is 9.06. The van der Waals surface area contributed by atoms with Crippen LogP contribution in [-0.2, 0) is 0 Å². The summed E-state index contributed by atoms with van der Waals surface area (Å²) in [5.41, 5.74) is -0.119. The van der Waals surface area contributed by atoms with Gasteiger partial charge in [-0.15, -0.1) is 0 Å². The lowest BCUT2D eigenvalue weighted by molar-refractivity contribution is 0.282. The van der Waals surface area contributed by atoms with E-state index in [2.05, 4.69) is 0 Å². The molecule has 0 amide bonds. The zero-order valence-electron chi connectivity index (χ0n) is 8.79. The molecule has 0 aromatic heterocycles. The van der Waals surface area contributed by atoms with E-state index in [0.717, 1.165) is 25.9 Å². The third-order valence-corrected chi connectivity index (χ3v) is 2.90. The molecule has 2 nitrogen and oxygen atoms in total. The van der Waals surface area contributed by atoms with E-state index < -0.39 is 17.7 Å². The summed E-state index contributed by atoms with van der Waals surface area (Å²) in [6, 6.07) is 4.88. The molecule has 1 saturated heterocycles. The van der Waals surface area contributed by atoms with Crippen LogP contribution < -0.4 is 0 Å². The van der Waals surface area contributed by atoms with Crippen LogP contribution in [0.2, 0.25) is 0 Å². The molecular formula is C12H12F2N2. The van der Waals surface area contributed by atoms with Crippen molar-refractivity contribution in [3.63, 3.8) is 0 Å². The maximum atomic E-state index is 13.5. The molecule has 84 valence electrons. The normalized spacial score (nSPS) is 18.3. The highest BCUT2D eigenvalue weighted by Crippen LogP contribution is 2.28. The molecule has 0 bridgehead atoms. The van der Waals surface area contributed by atoms with Gasteiger partial charge in [0.25, 0.3) is 0 Å². The minimum Gasteiger partial charge on any atom is -0.284 e. The van der Waals surface area contributed by atoms with Crippen LogP contribution in [0.5, 0.6) is 0 Å². The van der Waals surface area contributed by atoms with Gasteiger partial charge in [-0.3, -0.25) is 4.90 Å². The Bertz CT molecular complexity index is 399. The van der Waals surface area contributed by atoms with Crippen LogP contribution in [0.25, 0.3) is 0 Å². The van der Waals surface area contributed by atoms with Crippen LogP contribution in [0.15, 0.2) is 18.2 Å². The van der Waals surface area contributed by atoms with Crippen molar-refractivity contribution >= 4 is 0 Å². The molecule has 1 heterocycles. The molecule has 2 rings (SSSR count). The number of rotatable bonds is 2. The lowest BCUT2D eigenvalue weighted by Crippen LogP contribution is -2.26. The number of hydrogen-bond acceptors (Lipinski definition) is 2. The maximum absolute atomic E-state index is 13.5. The number of halogens is 2. The summed E-state index contributed by atoms with van der Waals surface area (Å²) < 4.78 is 27.0. The monoisotopic (exact) mass is 222 g/mol.